The number of hydrogen-bond donors (Lipinski definition) is 2. The molecule has 0 atom stereocenters. The molecule has 0 saturated carbocycles. The molecule has 0 bridgehead atoms. The van der Waals surface area contributed by atoms with Crippen LogP contribution in [0.1, 0.15) is 18.1 Å². The van der Waals surface area contributed by atoms with Gasteiger partial charge in [0.1, 0.15) is 6.61 Å². The van der Waals surface area contributed by atoms with Gasteiger partial charge in [-0.2, -0.15) is 0 Å². The van der Waals surface area contributed by atoms with Gasteiger partial charge < -0.3 is 24.6 Å². The van der Waals surface area contributed by atoms with Crippen LogP contribution >= 0.6 is 39.9 Å². The predicted octanol–water partition coefficient (Wildman–Crippen LogP) is 4.60. The smallest absolute Gasteiger partial charge is 0.175 e. The van der Waals surface area contributed by atoms with Gasteiger partial charge in [-0.25, -0.2) is 0 Å². The third-order valence-corrected chi connectivity index (χ3v) is 4.64. The molecule has 0 aliphatic carbocycles. The summed E-state index contributed by atoms with van der Waals surface area (Å²) in [4.78, 5) is 0. The number of halogens is 3. The second kappa shape index (κ2) is 14.0. The molecule has 2 aromatic carbocycles. The zero-order chi connectivity index (χ0) is 19.5. The van der Waals surface area contributed by atoms with Gasteiger partial charge in [0.2, 0.25) is 0 Å². The molecule has 0 aliphatic rings. The summed E-state index contributed by atoms with van der Waals surface area (Å²) in [7, 11) is 0. The number of hydrogen-bond acceptors (Lipinski definition) is 5. The molecular formula is C20H26BrCl2NO4. The Kier molecular flexibility index (Phi) is 12.5. The molecule has 0 amide bonds. The largest absolute Gasteiger partial charge is 0.490 e. The molecule has 8 heteroatoms. The molecule has 0 aromatic heterocycles. The second-order valence-corrected chi connectivity index (χ2v) is 6.99. The Morgan fingerprint density at radius 2 is 1.93 bits per heavy atom. The zero-order valence-electron chi connectivity index (χ0n) is 15.7. The number of ether oxygens (including phenoxy) is 3. The van der Waals surface area contributed by atoms with Crippen molar-refractivity contribution in [3.63, 3.8) is 0 Å². The third kappa shape index (κ3) is 8.15. The van der Waals surface area contributed by atoms with Crippen LogP contribution in [0.4, 0.5) is 0 Å². The van der Waals surface area contributed by atoms with Crippen molar-refractivity contribution in [2.24, 2.45) is 0 Å². The van der Waals surface area contributed by atoms with E-state index >= 15 is 0 Å². The van der Waals surface area contributed by atoms with Crippen LogP contribution in [0.25, 0.3) is 0 Å². The van der Waals surface area contributed by atoms with E-state index in [4.69, 9.17) is 30.9 Å². The van der Waals surface area contributed by atoms with Crippen molar-refractivity contribution in [3.05, 3.63) is 57.0 Å². The Balaban J connectivity index is 0.00000392. The minimum Gasteiger partial charge on any atom is -0.490 e. The summed E-state index contributed by atoms with van der Waals surface area (Å²) in [5.41, 5.74) is 1.99. The molecule has 28 heavy (non-hydrogen) atoms. The number of aliphatic hydroxyl groups excluding tert-OH is 1. The average molecular weight is 495 g/mol. The Hall–Kier alpha value is -1.02. The van der Waals surface area contributed by atoms with Crippen LogP contribution in [0.2, 0.25) is 5.02 Å². The monoisotopic (exact) mass is 493 g/mol. The van der Waals surface area contributed by atoms with Crippen molar-refractivity contribution in [1.29, 1.82) is 0 Å². The van der Waals surface area contributed by atoms with Crippen LogP contribution in [0.15, 0.2) is 40.9 Å². The summed E-state index contributed by atoms with van der Waals surface area (Å²) in [6.45, 7) is 5.17. The van der Waals surface area contributed by atoms with E-state index in [9.17, 15) is 0 Å². The van der Waals surface area contributed by atoms with E-state index in [0.29, 0.717) is 56.0 Å². The van der Waals surface area contributed by atoms with Crippen molar-refractivity contribution in [2.75, 3.05) is 33.0 Å². The highest BCUT2D eigenvalue weighted by Gasteiger charge is 2.13. The molecule has 0 saturated heterocycles. The van der Waals surface area contributed by atoms with Gasteiger partial charge in [-0.15, -0.1) is 12.4 Å². The van der Waals surface area contributed by atoms with Gasteiger partial charge in [-0.05, 0) is 46.6 Å². The topological polar surface area (TPSA) is 60.0 Å². The quantitative estimate of drug-likeness (QED) is 0.422. The molecular weight excluding hydrogens is 469 g/mol. The van der Waals surface area contributed by atoms with Crippen molar-refractivity contribution < 1.29 is 19.3 Å². The number of benzene rings is 2. The Bertz CT molecular complexity index is 719. The van der Waals surface area contributed by atoms with E-state index in [2.05, 4.69) is 21.2 Å². The highest BCUT2D eigenvalue weighted by molar-refractivity contribution is 9.10. The summed E-state index contributed by atoms with van der Waals surface area (Å²) in [6, 6.07) is 11.6. The Morgan fingerprint density at radius 3 is 2.64 bits per heavy atom. The normalized spacial score (nSPS) is 10.4. The van der Waals surface area contributed by atoms with Gasteiger partial charge in [0, 0.05) is 23.7 Å². The minimum atomic E-state index is 0. The van der Waals surface area contributed by atoms with Gasteiger partial charge in [-0.3, -0.25) is 0 Å². The van der Waals surface area contributed by atoms with Crippen LogP contribution < -0.4 is 14.8 Å². The molecule has 0 spiro atoms. The average Bonchev–Trinajstić information content (AvgIpc) is 2.65. The number of rotatable bonds is 12. The third-order valence-electron chi connectivity index (χ3n) is 3.69. The lowest BCUT2D eigenvalue weighted by molar-refractivity contribution is 0.0938. The molecule has 2 N–H and O–H groups in total. The lowest BCUT2D eigenvalue weighted by Crippen LogP contribution is -2.20. The summed E-state index contributed by atoms with van der Waals surface area (Å²) in [5.74, 6) is 1.35. The summed E-state index contributed by atoms with van der Waals surface area (Å²) in [5, 5.41) is 12.7. The molecule has 0 radical (unpaired) electrons. The maximum absolute atomic E-state index is 8.69. The minimum absolute atomic E-state index is 0. The zero-order valence-corrected chi connectivity index (χ0v) is 18.9. The van der Waals surface area contributed by atoms with Crippen LogP contribution in [0.3, 0.4) is 0 Å². The highest BCUT2D eigenvalue weighted by atomic mass is 79.9. The standard InChI is InChI=1S/C20H25BrClNO4.ClH/c1-2-26-19-12-15(13-23-7-9-25-10-8-24)11-17(21)20(19)27-14-16-5-3-4-6-18(16)22;/h3-6,11-12,23-24H,2,7-10,13-14H2,1H3;1H. The molecule has 0 heterocycles. The first-order valence-corrected chi connectivity index (χ1v) is 10.0. The molecule has 0 aliphatic heterocycles. The maximum Gasteiger partial charge on any atom is 0.175 e. The van der Waals surface area contributed by atoms with E-state index < -0.39 is 0 Å². The van der Waals surface area contributed by atoms with Crippen molar-refractivity contribution in [3.8, 4) is 11.5 Å². The summed E-state index contributed by atoms with van der Waals surface area (Å²) in [6.07, 6.45) is 0. The van der Waals surface area contributed by atoms with E-state index in [1.165, 1.54) is 0 Å². The second-order valence-electron chi connectivity index (χ2n) is 5.73. The molecule has 2 rings (SSSR count). The van der Waals surface area contributed by atoms with E-state index in [1.807, 2.05) is 43.3 Å². The fourth-order valence-corrected chi connectivity index (χ4v) is 3.23. The first-order valence-electron chi connectivity index (χ1n) is 8.86. The molecule has 0 fully saturated rings. The van der Waals surface area contributed by atoms with Crippen LogP contribution in [0, 0.1) is 0 Å². The van der Waals surface area contributed by atoms with Gasteiger partial charge in [-0.1, -0.05) is 29.8 Å². The van der Waals surface area contributed by atoms with Crippen LogP contribution in [-0.4, -0.2) is 38.1 Å². The molecule has 2 aromatic rings. The van der Waals surface area contributed by atoms with Crippen molar-refractivity contribution >= 4 is 39.9 Å². The van der Waals surface area contributed by atoms with Crippen molar-refractivity contribution in [2.45, 2.75) is 20.1 Å². The van der Waals surface area contributed by atoms with Crippen molar-refractivity contribution in [1.82, 2.24) is 5.32 Å². The molecule has 5 nitrogen and oxygen atoms in total. The predicted molar refractivity (Wildman–Crippen MR) is 118 cm³/mol. The lowest BCUT2D eigenvalue weighted by atomic mass is 10.2. The summed E-state index contributed by atoms with van der Waals surface area (Å²) < 4.78 is 17.8. The first-order chi connectivity index (χ1) is 13.2. The fraction of sp³-hybridized carbons (Fsp3) is 0.400. The maximum atomic E-state index is 8.69. The van der Waals surface area contributed by atoms with Crippen LogP contribution in [0.5, 0.6) is 11.5 Å². The SMILES string of the molecule is CCOc1cc(CNCCOCCO)cc(Br)c1OCc1ccccc1Cl.Cl. The highest BCUT2D eigenvalue weighted by Crippen LogP contribution is 2.37. The Morgan fingerprint density at radius 1 is 1.14 bits per heavy atom. The first kappa shape index (κ1) is 25.0. The molecule has 156 valence electrons. The summed E-state index contributed by atoms with van der Waals surface area (Å²) >= 11 is 9.79. The van der Waals surface area contributed by atoms with Gasteiger partial charge in [0.25, 0.3) is 0 Å². The van der Waals surface area contributed by atoms with E-state index in [0.717, 1.165) is 15.6 Å². The number of nitrogens with one attached hydrogen (secondary N) is 1. The lowest BCUT2D eigenvalue weighted by Gasteiger charge is -2.16. The van der Waals surface area contributed by atoms with Gasteiger partial charge in [0.15, 0.2) is 11.5 Å². The van der Waals surface area contributed by atoms with E-state index in [-0.39, 0.29) is 19.0 Å². The van der Waals surface area contributed by atoms with Gasteiger partial charge in [0.05, 0.1) is 30.9 Å². The number of aliphatic hydroxyl groups is 1. The fourth-order valence-electron chi connectivity index (χ4n) is 2.44. The Labute approximate surface area is 185 Å². The molecule has 0 unspecified atom stereocenters. The van der Waals surface area contributed by atoms with Crippen LogP contribution in [-0.2, 0) is 17.9 Å². The van der Waals surface area contributed by atoms with E-state index in [1.54, 1.807) is 0 Å². The van der Waals surface area contributed by atoms with Gasteiger partial charge >= 0.3 is 0 Å².